The third-order valence-electron chi connectivity index (χ3n) is 1.73. The molecule has 1 N–H and O–H groups in total. The summed E-state index contributed by atoms with van der Waals surface area (Å²) in [5.41, 5.74) is 0. The van der Waals surface area contributed by atoms with Gasteiger partial charge in [0.05, 0.1) is 5.75 Å². The normalized spacial score (nSPS) is 21.7. The molecule has 0 saturated heterocycles. The van der Waals surface area contributed by atoms with Gasteiger partial charge in [-0.2, -0.15) is 8.42 Å². The van der Waals surface area contributed by atoms with Crippen LogP contribution in [0.3, 0.4) is 0 Å². The summed E-state index contributed by atoms with van der Waals surface area (Å²) < 4.78 is 29.1. The lowest BCUT2D eigenvalue weighted by Crippen LogP contribution is -2.11. The highest BCUT2D eigenvalue weighted by atomic mass is 32.2. The monoisotopic (exact) mass is 163 g/mol. The molecule has 0 spiro atoms. The molecule has 0 aromatic rings. The first kappa shape index (κ1) is 8.01. The summed E-state index contributed by atoms with van der Waals surface area (Å²) in [6.45, 7) is 0. The average molecular weight is 163 g/mol. The van der Waals surface area contributed by atoms with E-state index in [2.05, 4.69) is 6.42 Å². The summed E-state index contributed by atoms with van der Waals surface area (Å²) in [4.78, 5) is 0. The molecule has 0 heterocycles. The fraction of sp³-hybridized carbons (Fsp3) is 0.833. The molecular weight excluding hydrogens is 152 g/mol. The molecule has 1 rings (SSSR count). The molecule has 3 nitrogen and oxygen atoms in total. The predicted octanol–water partition coefficient (Wildman–Crippen LogP) is 0.879. The maximum Gasteiger partial charge on any atom is 0.265 e. The van der Waals surface area contributed by atoms with Gasteiger partial charge in [-0.15, -0.1) is 0 Å². The van der Waals surface area contributed by atoms with Crippen LogP contribution >= 0.6 is 0 Å². The second-order valence-electron chi connectivity index (χ2n) is 2.72. The summed E-state index contributed by atoms with van der Waals surface area (Å²) in [6.07, 6.45) is 4.79. The molecule has 0 aromatic heterocycles. The minimum atomic E-state index is -3.73. The van der Waals surface area contributed by atoms with Gasteiger partial charge in [-0.1, -0.05) is 0 Å². The van der Waals surface area contributed by atoms with Crippen molar-refractivity contribution in [1.82, 2.24) is 0 Å². The van der Waals surface area contributed by atoms with Gasteiger partial charge in [0.15, 0.2) is 0 Å². The van der Waals surface area contributed by atoms with Gasteiger partial charge in [-0.25, -0.2) is 0 Å². The highest BCUT2D eigenvalue weighted by Crippen LogP contribution is 2.24. The van der Waals surface area contributed by atoms with Crippen LogP contribution in [0.1, 0.15) is 19.3 Å². The number of rotatable bonds is 2. The van der Waals surface area contributed by atoms with Gasteiger partial charge in [-0.3, -0.25) is 4.55 Å². The van der Waals surface area contributed by atoms with E-state index in [1.165, 1.54) is 0 Å². The maximum absolute atomic E-state index is 10.3. The quantitative estimate of drug-likeness (QED) is 0.615. The second kappa shape index (κ2) is 2.88. The molecule has 1 radical (unpaired) electrons. The largest absolute Gasteiger partial charge is 0.286 e. The Kier molecular flexibility index (Phi) is 2.31. The summed E-state index contributed by atoms with van der Waals surface area (Å²) in [7, 11) is -3.73. The third-order valence-corrected chi connectivity index (χ3v) is 2.62. The Labute approximate surface area is 61.2 Å². The van der Waals surface area contributed by atoms with Crippen molar-refractivity contribution in [1.29, 1.82) is 0 Å². The minimum Gasteiger partial charge on any atom is -0.286 e. The Bertz CT molecular complexity index is 189. The van der Waals surface area contributed by atoms with Crippen molar-refractivity contribution in [2.24, 2.45) is 5.92 Å². The number of hydrogen-bond donors (Lipinski definition) is 1. The van der Waals surface area contributed by atoms with Gasteiger partial charge in [0.1, 0.15) is 0 Å². The molecule has 0 aromatic carbocycles. The van der Waals surface area contributed by atoms with Crippen molar-refractivity contribution >= 4 is 10.1 Å². The first-order chi connectivity index (χ1) is 4.58. The Morgan fingerprint density at radius 3 is 2.70 bits per heavy atom. The van der Waals surface area contributed by atoms with Crippen LogP contribution in [0.15, 0.2) is 0 Å². The molecule has 1 fully saturated rings. The van der Waals surface area contributed by atoms with Crippen LogP contribution in [0.25, 0.3) is 0 Å². The molecule has 0 aliphatic heterocycles. The third kappa shape index (κ3) is 2.66. The second-order valence-corrected chi connectivity index (χ2v) is 4.21. The van der Waals surface area contributed by atoms with E-state index in [1.807, 2.05) is 0 Å². The van der Waals surface area contributed by atoms with Gasteiger partial charge in [-0.05, 0) is 31.6 Å². The predicted molar refractivity (Wildman–Crippen MR) is 38.1 cm³/mol. The zero-order valence-electron chi connectivity index (χ0n) is 5.66. The van der Waals surface area contributed by atoms with Crippen LogP contribution in [0.2, 0.25) is 0 Å². The van der Waals surface area contributed by atoms with Gasteiger partial charge in [0.25, 0.3) is 10.1 Å². The van der Waals surface area contributed by atoms with Gasteiger partial charge in [0.2, 0.25) is 0 Å². The number of hydrogen-bond acceptors (Lipinski definition) is 2. The molecule has 1 unspecified atom stereocenters. The average Bonchev–Trinajstić information content (AvgIpc) is 2.12. The van der Waals surface area contributed by atoms with E-state index in [9.17, 15) is 8.42 Å². The minimum absolute atomic E-state index is 0.0660. The molecule has 1 saturated carbocycles. The van der Waals surface area contributed by atoms with Crippen molar-refractivity contribution < 1.29 is 13.0 Å². The molecule has 0 amide bonds. The summed E-state index contributed by atoms with van der Waals surface area (Å²) in [5.74, 6) is 0.0961. The van der Waals surface area contributed by atoms with Crippen molar-refractivity contribution in [3.05, 3.63) is 6.42 Å². The maximum atomic E-state index is 10.3. The van der Waals surface area contributed by atoms with Crippen LogP contribution in [0, 0.1) is 12.3 Å². The van der Waals surface area contributed by atoms with Crippen LogP contribution in [0.5, 0.6) is 0 Å². The lowest BCUT2D eigenvalue weighted by atomic mass is 10.1. The van der Waals surface area contributed by atoms with Crippen molar-refractivity contribution in [2.75, 3.05) is 5.75 Å². The van der Waals surface area contributed by atoms with Crippen LogP contribution in [0.4, 0.5) is 0 Å². The molecule has 4 heteroatoms. The van der Waals surface area contributed by atoms with Crippen LogP contribution < -0.4 is 0 Å². The van der Waals surface area contributed by atoms with Crippen molar-refractivity contribution in [2.45, 2.75) is 19.3 Å². The van der Waals surface area contributed by atoms with E-state index < -0.39 is 10.1 Å². The Morgan fingerprint density at radius 1 is 1.60 bits per heavy atom. The van der Waals surface area contributed by atoms with Crippen LogP contribution in [-0.4, -0.2) is 18.7 Å². The Hall–Kier alpha value is -0.0900. The summed E-state index contributed by atoms with van der Waals surface area (Å²) in [6, 6.07) is 0. The van der Waals surface area contributed by atoms with E-state index >= 15 is 0 Å². The molecule has 1 aliphatic rings. The fourth-order valence-corrected chi connectivity index (χ4v) is 2.17. The van der Waals surface area contributed by atoms with Crippen molar-refractivity contribution in [3.63, 3.8) is 0 Å². The van der Waals surface area contributed by atoms with E-state index in [1.54, 1.807) is 0 Å². The SMILES string of the molecule is O=S(=O)(O)CC1C[CH]CC1. The van der Waals surface area contributed by atoms with Gasteiger partial charge >= 0.3 is 0 Å². The summed E-state index contributed by atoms with van der Waals surface area (Å²) >= 11 is 0. The zero-order chi connectivity index (χ0) is 7.61. The van der Waals surface area contributed by atoms with E-state index in [0.29, 0.717) is 0 Å². The molecule has 10 heavy (non-hydrogen) atoms. The van der Waals surface area contributed by atoms with E-state index in [-0.39, 0.29) is 11.7 Å². The first-order valence-corrected chi connectivity index (χ1v) is 4.95. The van der Waals surface area contributed by atoms with Gasteiger partial charge < -0.3 is 0 Å². The first-order valence-electron chi connectivity index (χ1n) is 3.35. The smallest absolute Gasteiger partial charge is 0.265 e. The molecule has 1 aliphatic carbocycles. The highest BCUT2D eigenvalue weighted by Gasteiger charge is 2.20. The van der Waals surface area contributed by atoms with Gasteiger partial charge in [0, 0.05) is 0 Å². The summed E-state index contributed by atoms with van der Waals surface area (Å²) in [5, 5.41) is 0. The Morgan fingerprint density at radius 2 is 2.30 bits per heavy atom. The van der Waals surface area contributed by atoms with E-state index in [0.717, 1.165) is 19.3 Å². The topological polar surface area (TPSA) is 54.4 Å². The highest BCUT2D eigenvalue weighted by molar-refractivity contribution is 7.85. The Balaban J connectivity index is 2.38. The van der Waals surface area contributed by atoms with Crippen molar-refractivity contribution in [3.8, 4) is 0 Å². The molecular formula is C6H11O3S. The van der Waals surface area contributed by atoms with E-state index in [4.69, 9.17) is 4.55 Å². The standard InChI is InChI=1S/C6H11O3S/c7-10(8,9)5-6-3-1-2-4-6/h1,6H,2-5H2,(H,7,8,9). The van der Waals surface area contributed by atoms with Crippen LogP contribution in [-0.2, 0) is 10.1 Å². The lowest BCUT2D eigenvalue weighted by Gasteiger charge is -2.03. The molecule has 59 valence electrons. The molecule has 1 atom stereocenters. The molecule has 0 bridgehead atoms. The zero-order valence-corrected chi connectivity index (χ0v) is 6.47. The lowest BCUT2D eigenvalue weighted by molar-refractivity contribution is 0.466. The fourth-order valence-electron chi connectivity index (χ4n) is 1.27.